The van der Waals surface area contributed by atoms with Crippen molar-refractivity contribution >= 4 is 28.2 Å². The van der Waals surface area contributed by atoms with Crippen molar-refractivity contribution in [1.82, 2.24) is 4.98 Å². The van der Waals surface area contributed by atoms with E-state index < -0.39 is 0 Å². The fourth-order valence-corrected chi connectivity index (χ4v) is 2.19. The van der Waals surface area contributed by atoms with Crippen LogP contribution >= 0.6 is 11.6 Å². The minimum absolute atomic E-state index is 0.739. The highest BCUT2D eigenvalue weighted by atomic mass is 35.5. The van der Waals surface area contributed by atoms with Crippen molar-refractivity contribution < 1.29 is 0 Å². The summed E-state index contributed by atoms with van der Waals surface area (Å²) < 4.78 is 0. The lowest BCUT2D eigenvalue weighted by Crippen LogP contribution is -2.00. The Bertz CT molecular complexity index is 562. The van der Waals surface area contributed by atoms with Gasteiger partial charge in [0.05, 0.1) is 5.52 Å². The Kier molecular flexibility index (Phi) is 2.76. The molecule has 0 saturated heterocycles. The zero-order chi connectivity index (χ0) is 11.9. The molecule has 0 unspecified atom stereocenters. The highest BCUT2D eigenvalue weighted by molar-refractivity contribution is 6.32. The molecule has 0 amide bonds. The number of pyridine rings is 1. The van der Waals surface area contributed by atoms with Crippen molar-refractivity contribution in [2.75, 3.05) is 5.73 Å². The molecular weight excluding hydrogens is 220 g/mol. The molecule has 1 aromatic heterocycles. The number of nitrogens with zero attached hydrogens (tertiary/aromatic N) is 1. The van der Waals surface area contributed by atoms with Gasteiger partial charge in [-0.3, -0.25) is 4.98 Å². The monoisotopic (exact) mass is 234 g/mol. The van der Waals surface area contributed by atoms with Crippen LogP contribution in [0.1, 0.15) is 23.7 Å². The number of nitrogen functional groups attached to an aromatic ring is 1. The van der Waals surface area contributed by atoms with Crippen molar-refractivity contribution in [2.24, 2.45) is 0 Å². The van der Waals surface area contributed by atoms with E-state index in [0.29, 0.717) is 0 Å². The molecule has 2 N–H and O–H groups in total. The largest absolute Gasteiger partial charge is 0.398 e. The molecule has 2 nitrogen and oxygen atoms in total. The lowest BCUT2D eigenvalue weighted by molar-refractivity contribution is 1.07. The van der Waals surface area contributed by atoms with E-state index in [1.165, 1.54) is 0 Å². The van der Waals surface area contributed by atoms with E-state index in [9.17, 15) is 0 Å². The summed E-state index contributed by atoms with van der Waals surface area (Å²) in [5.74, 6) is 0. The van der Waals surface area contributed by atoms with Crippen LogP contribution in [-0.2, 0) is 6.42 Å². The van der Waals surface area contributed by atoms with Crippen LogP contribution in [-0.4, -0.2) is 4.98 Å². The Labute approximate surface area is 100 Å². The van der Waals surface area contributed by atoms with E-state index in [1.54, 1.807) is 0 Å². The van der Waals surface area contributed by atoms with Gasteiger partial charge in [0.2, 0.25) is 0 Å². The number of benzene rings is 1. The summed E-state index contributed by atoms with van der Waals surface area (Å²) in [4.78, 5) is 4.54. The minimum Gasteiger partial charge on any atom is -0.398 e. The molecule has 0 spiro atoms. The first kappa shape index (κ1) is 11.2. The molecule has 0 bridgehead atoms. The molecule has 16 heavy (non-hydrogen) atoms. The standard InChI is InChI=1S/C13H15ClN2/c1-4-9-8(3)16-12-6-11(14)7(2)5-10(12)13(9)15/h5-6H,4H2,1-3H3,(H2,15,16). The third kappa shape index (κ3) is 1.63. The summed E-state index contributed by atoms with van der Waals surface area (Å²) in [5.41, 5.74) is 11.0. The summed E-state index contributed by atoms with van der Waals surface area (Å²) >= 11 is 6.09. The van der Waals surface area contributed by atoms with Gasteiger partial charge in [0.25, 0.3) is 0 Å². The Balaban J connectivity index is 2.88. The summed E-state index contributed by atoms with van der Waals surface area (Å²) in [6, 6.07) is 3.90. The number of rotatable bonds is 1. The minimum atomic E-state index is 0.739. The third-order valence-corrected chi connectivity index (χ3v) is 3.38. The van der Waals surface area contributed by atoms with Crippen LogP contribution in [0, 0.1) is 13.8 Å². The molecule has 0 aliphatic rings. The molecule has 0 aliphatic heterocycles. The van der Waals surface area contributed by atoms with Gasteiger partial charge in [-0.25, -0.2) is 0 Å². The van der Waals surface area contributed by atoms with Gasteiger partial charge in [-0.15, -0.1) is 0 Å². The molecule has 0 aliphatic carbocycles. The van der Waals surface area contributed by atoms with E-state index in [4.69, 9.17) is 17.3 Å². The van der Waals surface area contributed by atoms with Crippen LogP contribution in [0.5, 0.6) is 0 Å². The number of hydrogen-bond donors (Lipinski definition) is 1. The maximum atomic E-state index is 6.17. The maximum Gasteiger partial charge on any atom is 0.0741 e. The van der Waals surface area contributed by atoms with Crippen LogP contribution < -0.4 is 5.73 Å². The van der Waals surface area contributed by atoms with E-state index in [0.717, 1.165) is 44.9 Å². The van der Waals surface area contributed by atoms with Crippen molar-refractivity contribution in [3.05, 3.63) is 34.0 Å². The summed E-state index contributed by atoms with van der Waals surface area (Å²) in [6.07, 6.45) is 0.905. The van der Waals surface area contributed by atoms with Crippen molar-refractivity contribution in [2.45, 2.75) is 27.2 Å². The molecular formula is C13H15ClN2. The number of anilines is 1. The third-order valence-electron chi connectivity index (χ3n) is 2.97. The zero-order valence-electron chi connectivity index (χ0n) is 9.76. The Morgan fingerprint density at radius 2 is 2.00 bits per heavy atom. The van der Waals surface area contributed by atoms with Gasteiger partial charge in [-0.05, 0) is 43.5 Å². The molecule has 1 heterocycles. The van der Waals surface area contributed by atoms with Gasteiger partial charge in [0.1, 0.15) is 0 Å². The van der Waals surface area contributed by atoms with Gasteiger partial charge >= 0.3 is 0 Å². The van der Waals surface area contributed by atoms with Crippen LogP contribution in [0.3, 0.4) is 0 Å². The van der Waals surface area contributed by atoms with E-state index in [1.807, 2.05) is 26.0 Å². The predicted molar refractivity (Wildman–Crippen MR) is 70.0 cm³/mol. The lowest BCUT2D eigenvalue weighted by atomic mass is 10.0. The van der Waals surface area contributed by atoms with Crippen molar-refractivity contribution in [3.8, 4) is 0 Å². The SMILES string of the molecule is CCc1c(C)nc2cc(Cl)c(C)cc2c1N. The fourth-order valence-electron chi connectivity index (χ4n) is 2.03. The van der Waals surface area contributed by atoms with Gasteiger partial charge in [0.15, 0.2) is 0 Å². The van der Waals surface area contributed by atoms with Crippen molar-refractivity contribution in [1.29, 1.82) is 0 Å². The normalized spacial score (nSPS) is 11.0. The van der Waals surface area contributed by atoms with Crippen LogP contribution in [0.25, 0.3) is 10.9 Å². The first-order valence-corrected chi connectivity index (χ1v) is 5.77. The second-order valence-corrected chi connectivity index (χ2v) is 4.47. The lowest BCUT2D eigenvalue weighted by Gasteiger charge is -2.11. The number of halogens is 1. The van der Waals surface area contributed by atoms with Crippen LogP contribution in [0.2, 0.25) is 5.02 Å². The summed E-state index contributed by atoms with van der Waals surface area (Å²) in [7, 11) is 0. The number of hydrogen-bond acceptors (Lipinski definition) is 2. The molecule has 0 atom stereocenters. The highest BCUT2D eigenvalue weighted by Crippen LogP contribution is 2.30. The topological polar surface area (TPSA) is 38.9 Å². The number of aromatic nitrogens is 1. The molecule has 0 fully saturated rings. The van der Waals surface area contributed by atoms with Crippen LogP contribution in [0.15, 0.2) is 12.1 Å². The maximum absolute atomic E-state index is 6.17. The van der Waals surface area contributed by atoms with E-state index in [2.05, 4.69) is 11.9 Å². The fraction of sp³-hybridized carbons (Fsp3) is 0.308. The van der Waals surface area contributed by atoms with Gasteiger partial charge in [0, 0.05) is 21.8 Å². The number of nitrogens with two attached hydrogens (primary N) is 1. The smallest absolute Gasteiger partial charge is 0.0741 e. The quantitative estimate of drug-likeness (QED) is 0.818. The first-order valence-electron chi connectivity index (χ1n) is 5.39. The van der Waals surface area contributed by atoms with Crippen molar-refractivity contribution in [3.63, 3.8) is 0 Å². The molecule has 84 valence electrons. The Morgan fingerprint density at radius 3 is 2.62 bits per heavy atom. The second kappa shape index (κ2) is 3.95. The van der Waals surface area contributed by atoms with Gasteiger partial charge in [-0.2, -0.15) is 0 Å². The second-order valence-electron chi connectivity index (χ2n) is 4.06. The van der Waals surface area contributed by atoms with Gasteiger partial charge in [-0.1, -0.05) is 18.5 Å². The van der Waals surface area contributed by atoms with Gasteiger partial charge < -0.3 is 5.73 Å². The molecule has 0 radical (unpaired) electrons. The zero-order valence-corrected chi connectivity index (χ0v) is 10.5. The van der Waals surface area contributed by atoms with E-state index >= 15 is 0 Å². The first-order chi connectivity index (χ1) is 7.54. The average Bonchev–Trinajstić information content (AvgIpc) is 2.22. The summed E-state index contributed by atoms with van der Waals surface area (Å²) in [5, 5.41) is 1.74. The number of fused-ring (bicyclic) bond motifs is 1. The summed E-state index contributed by atoms with van der Waals surface area (Å²) in [6.45, 7) is 6.06. The van der Waals surface area contributed by atoms with E-state index in [-0.39, 0.29) is 0 Å². The van der Waals surface area contributed by atoms with Crippen LogP contribution in [0.4, 0.5) is 5.69 Å². The average molecular weight is 235 g/mol. The highest BCUT2D eigenvalue weighted by Gasteiger charge is 2.10. The Morgan fingerprint density at radius 1 is 1.31 bits per heavy atom. The molecule has 2 aromatic rings. The molecule has 2 rings (SSSR count). The predicted octanol–water partition coefficient (Wildman–Crippen LogP) is 3.65. The number of aryl methyl sites for hydroxylation is 2. The molecule has 1 aromatic carbocycles. The molecule has 0 saturated carbocycles. The Hall–Kier alpha value is -1.28. The molecule has 3 heteroatoms.